The molecule has 0 spiro atoms. The Labute approximate surface area is 135 Å². The average molecular weight is 347 g/mol. The molecule has 6 nitrogen and oxygen atoms in total. The number of rotatable bonds is 5. The highest BCUT2D eigenvalue weighted by molar-refractivity contribution is 5.87. The summed E-state index contributed by atoms with van der Waals surface area (Å²) in [6, 6.07) is 4.48. The molecule has 132 valence electrons. The second-order valence-electron chi connectivity index (χ2n) is 5.33. The standard InChI is InChI=1S/C15H16F3NO5/c16-15(17,18)10-3-1-2-4-11(10)24-9-12(20)19-14(13(21)22)5-7-23-8-6-14/h1-4H,5-9H2,(H,19,20)(H,21,22). The number of carboxylic acids is 1. The van der Waals surface area contributed by atoms with Crippen molar-refractivity contribution in [2.24, 2.45) is 0 Å². The summed E-state index contributed by atoms with van der Waals surface area (Å²) in [6.45, 7) is -0.377. The van der Waals surface area contributed by atoms with E-state index in [2.05, 4.69) is 5.32 Å². The van der Waals surface area contributed by atoms with Gasteiger partial charge in [-0.3, -0.25) is 4.79 Å². The molecule has 1 aliphatic rings. The Morgan fingerprint density at radius 3 is 2.46 bits per heavy atom. The number of nitrogens with one attached hydrogen (secondary N) is 1. The fourth-order valence-corrected chi connectivity index (χ4v) is 2.39. The molecule has 24 heavy (non-hydrogen) atoms. The summed E-state index contributed by atoms with van der Waals surface area (Å²) < 4.78 is 48.5. The van der Waals surface area contributed by atoms with Crippen molar-refractivity contribution in [3.8, 4) is 5.75 Å². The Hall–Kier alpha value is -2.29. The molecule has 0 atom stereocenters. The summed E-state index contributed by atoms with van der Waals surface area (Å²) in [7, 11) is 0. The minimum Gasteiger partial charge on any atom is -0.483 e. The van der Waals surface area contributed by atoms with Crippen LogP contribution in [-0.2, 0) is 20.5 Å². The Kier molecular flexibility index (Phi) is 5.33. The number of benzene rings is 1. The molecule has 1 fully saturated rings. The van der Waals surface area contributed by atoms with E-state index >= 15 is 0 Å². The molecule has 0 unspecified atom stereocenters. The lowest BCUT2D eigenvalue weighted by Crippen LogP contribution is -2.58. The number of alkyl halides is 3. The van der Waals surface area contributed by atoms with Gasteiger partial charge in [0.25, 0.3) is 5.91 Å². The predicted molar refractivity (Wildman–Crippen MR) is 75.5 cm³/mol. The van der Waals surface area contributed by atoms with Crippen LogP contribution in [0.3, 0.4) is 0 Å². The number of carboxylic acid groups (broad SMARTS) is 1. The lowest BCUT2D eigenvalue weighted by atomic mass is 9.90. The van der Waals surface area contributed by atoms with Crippen LogP contribution >= 0.6 is 0 Å². The maximum Gasteiger partial charge on any atom is 0.419 e. The zero-order valence-corrected chi connectivity index (χ0v) is 12.6. The molecule has 0 radical (unpaired) electrons. The van der Waals surface area contributed by atoms with E-state index in [9.17, 15) is 27.9 Å². The van der Waals surface area contributed by atoms with Crippen LogP contribution in [0.5, 0.6) is 5.75 Å². The summed E-state index contributed by atoms with van der Waals surface area (Å²) in [5.41, 5.74) is -2.49. The molecule has 1 aromatic rings. The van der Waals surface area contributed by atoms with E-state index in [0.29, 0.717) is 0 Å². The average Bonchev–Trinajstić information content (AvgIpc) is 2.53. The zero-order chi connectivity index (χ0) is 17.8. The van der Waals surface area contributed by atoms with Crippen LogP contribution in [0.1, 0.15) is 18.4 Å². The lowest BCUT2D eigenvalue weighted by Gasteiger charge is -2.33. The Morgan fingerprint density at radius 2 is 1.88 bits per heavy atom. The van der Waals surface area contributed by atoms with Crippen LogP contribution < -0.4 is 10.1 Å². The fourth-order valence-electron chi connectivity index (χ4n) is 2.39. The number of carbonyl (C=O) groups is 2. The zero-order valence-electron chi connectivity index (χ0n) is 12.6. The van der Waals surface area contributed by atoms with Gasteiger partial charge in [0.2, 0.25) is 0 Å². The number of amides is 1. The number of halogens is 3. The van der Waals surface area contributed by atoms with Gasteiger partial charge in [0.1, 0.15) is 11.3 Å². The molecule has 1 aliphatic heterocycles. The lowest BCUT2D eigenvalue weighted by molar-refractivity contribution is -0.152. The molecule has 1 heterocycles. The molecule has 1 aromatic carbocycles. The quantitative estimate of drug-likeness (QED) is 0.849. The van der Waals surface area contributed by atoms with Gasteiger partial charge in [-0.1, -0.05) is 12.1 Å². The van der Waals surface area contributed by atoms with Gasteiger partial charge in [0, 0.05) is 26.1 Å². The van der Waals surface area contributed by atoms with E-state index in [1.807, 2.05) is 0 Å². The van der Waals surface area contributed by atoms with Crippen molar-refractivity contribution in [1.82, 2.24) is 5.32 Å². The van der Waals surface area contributed by atoms with Crippen molar-refractivity contribution in [3.63, 3.8) is 0 Å². The third-order valence-corrected chi connectivity index (χ3v) is 3.69. The Balaban J connectivity index is 2.02. The number of carbonyl (C=O) groups excluding carboxylic acids is 1. The second kappa shape index (κ2) is 7.08. The summed E-state index contributed by atoms with van der Waals surface area (Å²) >= 11 is 0. The molecule has 0 saturated carbocycles. The maximum absolute atomic E-state index is 12.8. The smallest absolute Gasteiger partial charge is 0.419 e. The third-order valence-electron chi connectivity index (χ3n) is 3.69. The molecular weight excluding hydrogens is 331 g/mol. The van der Waals surface area contributed by atoms with Gasteiger partial charge in [-0.25, -0.2) is 4.79 Å². The third kappa shape index (κ3) is 4.16. The number of hydrogen-bond acceptors (Lipinski definition) is 4. The van der Waals surface area contributed by atoms with Gasteiger partial charge in [-0.05, 0) is 12.1 Å². The minimum absolute atomic E-state index is 0.0766. The maximum atomic E-state index is 12.8. The Morgan fingerprint density at radius 1 is 1.25 bits per heavy atom. The minimum atomic E-state index is -4.62. The van der Waals surface area contributed by atoms with Crippen LogP contribution in [0.25, 0.3) is 0 Å². The van der Waals surface area contributed by atoms with Crippen LogP contribution in [0.15, 0.2) is 24.3 Å². The summed E-state index contributed by atoms with van der Waals surface area (Å²) in [6.07, 6.45) is -4.46. The van der Waals surface area contributed by atoms with Crippen LogP contribution in [0.2, 0.25) is 0 Å². The molecule has 0 aliphatic carbocycles. The van der Waals surface area contributed by atoms with Gasteiger partial charge in [0.15, 0.2) is 6.61 Å². The fraction of sp³-hybridized carbons (Fsp3) is 0.467. The first-order valence-electron chi connectivity index (χ1n) is 7.16. The molecule has 1 amide bonds. The van der Waals surface area contributed by atoms with Crippen LogP contribution in [-0.4, -0.2) is 42.3 Å². The van der Waals surface area contributed by atoms with Gasteiger partial charge >= 0.3 is 12.1 Å². The van der Waals surface area contributed by atoms with Gasteiger partial charge in [-0.15, -0.1) is 0 Å². The molecule has 1 saturated heterocycles. The van der Waals surface area contributed by atoms with Crippen molar-refractivity contribution in [2.45, 2.75) is 24.6 Å². The van der Waals surface area contributed by atoms with E-state index in [1.54, 1.807) is 0 Å². The molecule has 0 bridgehead atoms. The number of para-hydroxylation sites is 1. The van der Waals surface area contributed by atoms with Crippen molar-refractivity contribution in [2.75, 3.05) is 19.8 Å². The van der Waals surface area contributed by atoms with Gasteiger partial charge in [0.05, 0.1) is 5.56 Å². The topological polar surface area (TPSA) is 84.9 Å². The first kappa shape index (κ1) is 18.1. The number of aliphatic carboxylic acids is 1. The second-order valence-corrected chi connectivity index (χ2v) is 5.33. The monoisotopic (exact) mass is 347 g/mol. The number of hydrogen-bond donors (Lipinski definition) is 2. The summed E-state index contributed by atoms with van der Waals surface area (Å²) in [5, 5.41) is 11.6. The molecule has 9 heteroatoms. The summed E-state index contributed by atoms with van der Waals surface area (Å²) in [5.74, 6) is -2.51. The van der Waals surface area contributed by atoms with Gasteiger partial charge < -0.3 is 19.9 Å². The van der Waals surface area contributed by atoms with Crippen LogP contribution in [0, 0.1) is 0 Å². The molecular formula is C15H16F3NO5. The first-order valence-corrected chi connectivity index (χ1v) is 7.16. The Bertz CT molecular complexity index is 611. The highest BCUT2D eigenvalue weighted by atomic mass is 19.4. The van der Waals surface area contributed by atoms with E-state index in [1.165, 1.54) is 12.1 Å². The normalized spacial score (nSPS) is 17.1. The molecule has 2 N–H and O–H groups in total. The SMILES string of the molecule is O=C(COc1ccccc1C(F)(F)F)NC1(C(=O)O)CCOCC1. The largest absolute Gasteiger partial charge is 0.483 e. The van der Waals surface area contributed by atoms with Crippen molar-refractivity contribution in [1.29, 1.82) is 0 Å². The van der Waals surface area contributed by atoms with Crippen molar-refractivity contribution >= 4 is 11.9 Å². The van der Waals surface area contributed by atoms with Crippen molar-refractivity contribution in [3.05, 3.63) is 29.8 Å². The molecule has 2 rings (SSSR count). The first-order chi connectivity index (χ1) is 11.2. The van der Waals surface area contributed by atoms with Gasteiger partial charge in [-0.2, -0.15) is 13.2 Å². The van der Waals surface area contributed by atoms with E-state index in [4.69, 9.17) is 9.47 Å². The summed E-state index contributed by atoms with van der Waals surface area (Å²) in [4.78, 5) is 23.3. The van der Waals surface area contributed by atoms with E-state index in [-0.39, 0.29) is 26.1 Å². The highest BCUT2D eigenvalue weighted by Crippen LogP contribution is 2.35. The molecule has 0 aromatic heterocycles. The van der Waals surface area contributed by atoms with Crippen LogP contribution in [0.4, 0.5) is 13.2 Å². The highest BCUT2D eigenvalue weighted by Gasteiger charge is 2.41. The van der Waals surface area contributed by atoms with E-state index < -0.39 is 41.5 Å². The van der Waals surface area contributed by atoms with E-state index in [0.717, 1.165) is 12.1 Å². The predicted octanol–water partition coefficient (Wildman–Crippen LogP) is 1.83. The number of ether oxygens (including phenoxy) is 2. The van der Waals surface area contributed by atoms with Crippen molar-refractivity contribution < 1.29 is 37.3 Å².